The van der Waals surface area contributed by atoms with Gasteiger partial charge in [-0.25, -0.2) is 0 Å². The van der Waals surface area contributed by atoms with Crippen LogP contribution >= 0.6 is 0 Å². The first-order valence-electron chi connectivity index (χ1n) is 6.51. The van der Waals surface area contributed by atoms with Gasteiger partial charge >= 0.3 is 0 Å². The van der Waals surface area contributed by atoms with Gasteiger partial charge in [0.1, 0.15) is 0 Å². The maximum atomic E-state index is 9.97. The summed E-state index contributed by atoms with van der Waals surface area (Å²) in [6, 6.07) is 0. The Kier molecular flexibility index (Phi) is 4.07. The predicted molar refractivity (Wildman–Crippen MR) is 69.5 cm³/mol. The van der Waals surface area contributed by atoms with Crippen LogP contribution in [0.1, 0.15) is 54.4 Å². The lowest BCUT2D eigenvalue weighted by atomic mass is 9.79. The summed E-state index contributed by atoms with van der Waals surface area (Å²) in [5.74, 6) is 0.642. The molecule has 1 fully saturated rings. The number of hydrogen-bond acceptors (Lipinski definition) is 2. The van der Waals surface area contributed by atoms with Crippen molar-refractivity contribution in [3.8, 4) is 0 Å². The summed E-state index contributed by atoms with van der Waals surface area (Å²) in [7, 11) is 0. The third kappa shape index (κ3) is 4.42. The Hall–Kier alpha value is -0.0800. The van der Waals surface area contributed by atoms with Crippen LogP contribution in [0, 0.1) is 11.3 Å². The Morgan fingerprint density at radius 1 is 1.06 bits per heavy atom. The van der Waals surface area contributed by atoms with Crippen molar-refractivity contribution >= 4 is 0 Å². The minimum atomic E-state index is -0.139. The second-order valence-electron chi connectivity index (χ2n) is 7.60. The van der Waals surface area contributed by atoms with E-state index in [1.54, 1.807) is 0 Å². The minimum Gasteiger partial charge on any atom is -0.392 e. The molecule has 0 radical (unpaired) electrons. The van der Waals surface area contributed by atoms with Crippen LogP contribution in [-0.2, 0) is 0 Å². The molecule has 0 aromatic heterocycles. The van der Waals surface area contributed by atoms with Crippen LogP contribution in [0.2, 0.25) is 0 Å². The largest absolute Gasteiger partial charge is 0.392 e. The highest BCUT2D eigenvalue weighted by molar-refractivity contribution is 4.87. The molecule has 96 valence electrons. The third-order valence-electron chi connectivity index (χ3n) is 3.36. The predicted octanol–water partition coefficient (Wildman–Crippen LogP) is 2.90. The smallest absolute Gasteiger partial charge is 0.0670 e. The average Bonchev–Trinajstić information content (AvgIpc) is 1.97. The molecule has 1 rings (SSSR count). The van der Waals surface area contributed by atoms with Gasteiger partial charge in [-0.3, -0.25) is 4.90 Å². The molecule has 0 aliphatic carbocycles. The Morgan fingerprint density at radius 3 is 2.06 bits per heavy atom. The van der Waals surface area contributed by atoms with Crippen molar-refractivity contribution in [1.82, 2.24) is 4.90 Å². The maximum Gasteiger partial charge on any atom is 0.0670 e. The number of hydrogen-bond donors (Lipinski definition) is 1. The zero-order valence-corrected chi connectivity index (χ0v) is 11.9. The van der Waals surface area contributed by atoms with Crippen LogP contribution in [-0.4, -0.2) is 34.7 Å². The molecule has 0 saturated carbocycles. The van der Waals surface area contributed by atoms with Crippen LogP contribution in [0.15, 0.2) is 0 Å². The number of aliphatic hydroxyl groups is 1. The monoisotopic (exact) mass is 227 g/mol. The summed E-state index contributed by atoms with van der Waals surface area (Å²) < 4.78 is 0. The van der Waals surface area contributed by atoms with E-state index in [9.17, 15) is 5.11 Å². The number of rotatable bonds is 1. The molecule has 0 unspecified atom stereocenters. The van der Waals surface area contributed by atoms with E-state index in [1.807, 2.05) is 0 Å². The van der Waals surface area contributed by atoms with E-state index in [-0.39, 0.29) is 11.6 Å². The van der Waals surface area contributed by atoms with Gasteiger partial charge in [-0.2, -0.15) is 0 Å². The van der Waals surface area contributed by atoms with Gasteiger partial charge < -0.3 is 5.11 Å². The molecular weight excluding hydrogens is 198 g/mol. The Bertz CT molecular complexity index is 224. The fraction of sp³-hybridized carbons (Fsp3) is 1.00. The number of nitrogens with zero attached hydrogens (tertiary/aromatic N) is 1. The summed E-state index contributed by atoms with van der Waals surface area (Å²) in [4.78, 5) is 2.43. The molecule has 0 aromatic carbocycles. The maximum absolute atomic E-state index is 9.97. The van der Waals surface area contributed by atoms with Crippen molar-refractivity contribution in [2.75, 3.05) is 13.1 Å². The fourth-order valence-corrected chi connectivity index (χ4v) is 2.74. The van der Waals surface area contributed by atoms with Crippen LogP contribution in [0.3, 0.4) is 0 Å². The summed E-state index contributed by atoms with van der Waals surface area (Å²) in [6.07, 6.45) is 2.04. The fourth-order valence-electron chi connectivity index (χ4n) is 2.74. The van der Waals surface area contributed by atoms with Crippen LogP contribution in [0.4, 0.5) is 0 Å². The lowest BCUT2D eigenvalue weighted by Crippen LogP contribution is -2.52. The van der Waals surface area contributed by atoms with Gasteiger partial charge in [-0.1, -0.05) is 20.8 Å². The van der Waals surface area contributed by atoms with Gasteiger partial charge in [0.25, 0.3) is 0 Å². The van der Waals surface area contributed by atoms with E-state index in [4.69, 9.17) is 0 Å². The van der Waals surface area contributed by atoms with E-state index < -0.39 is 0 Å². The van der Waals surface area contributed by atoms with E-state index in [0.717, 1.165) is 19.5 Å². The molecule has 0 aromatic rings. The van der Waals surface area contributed by atoms with E-state index in [1.165, 1.54) is 6.42 Å². The summed E-state index contributed by atoms with van der Waals surface area (Å²) in [5, 5.41) is 9.97. The molecule has 0 bridgehead atoms. The van der Waals surface area contributed by atoms with Crippen molar-refractivity contribution in [3.63, 3.8) is 0 Å². The normalized spacial score (nSPS) is 29.4. The molecule has 2 nitrogen and oxygen atoms in total. The first kappa shape index (κ1) is 14.0. The van der Waals surface area contributed by atoms with Crippen molar-refractivity contribution < 1.29 is 5.11 Å². The SMILES string of the molecule is CC(C)(C)C[C@@H]1C[C@H](O)CN(C(C)(C)C)C1. The van der Waals surface area contributed by atoms with E-state index in [0.29, 0.717) is 11.3 Å². The van der Waals surface area contributed by atoms with Gasteiger partial charge in [0, 0.05) is 18.6 Å². The lowest BCUT2D eigenvalue weighted by molar-refractivity contribution is -0.0133. The highest BCUT2D eigenvalue weighted by Gasteiger charge is 2.33. The van der Waals surface area contributed by atoms with Crippen molar-refractivity contribution in [3.05, 3.63) is 0 Å². The van der Waals surface area contributed by atoms with E-state index in [2.05, 4.69) is 46.4 Å². The van der Waals surface area contributed by atoms with Crippen LogP contribution in [0.5, 0.6) is 0 Å². The molecule has 0 amide bonds. The van der Waals surface area contributed by atoms with Gasteiger partial charge in [0.15, 0.2) is 0 Å². The summed E-state index contributed by atoms with van der Waals surface area (Å²) in [6.45, 7) is 15.5. The van der Waals surface area contributed by atoms with Gasteiger partial charge in [0.2, 0.25) is 0 Å². The van der Waals surface area contributed by atoms with Crippen molar-refractivity contribution in [1.29, 1.82) is 0 Å². The first-order chi connectivity index (χ1) is 7.08. The molecule has 1 N–H and O–H groups in total. The molecule has 2 heteroatoms. The molecule has 2 atom stereocenters. The van der Waals surface area contributed by atoms with Gasteiger partial charge in [-0.15, -0.1) is 0 Å². The Morgan fingerprint density at radius 2 is 1.62 bits per heavy atom. The quantitative estimate of drug-likeness (QED) is 0.744. The van der Waals surface area contributed by atoms with Gasteiger partial charge in [-0.05, 0) is 44.9 Å². The summed E-state index contributed by atoms with van der Waals surface area (Å²) in [5.41, 5.74) is 0.544. The summed E-state index contributed by atoms with van der Waals surface area (Å²) >= 11 is 0. The molecule has 1 aliphatic rings. The second kappa shape index (κ2) is 4.66. The highest BCUT2D eigenvalue weighted by atomic mass is 16.3. The minimum absolute atomic E-state index is 0.139. The Balaban J connectivity index is 2.61. The van der Waals surface area contributed by atoms with Crippen LogP contribution in [0.25, 0.3) is 0 Å². The second-order valence-corrected chi connectivity index (χ2v) is 7.60. The molecular formula is C14H29NO. The number of piperidine rings is 1. The average molecular weight is 227 g/mol. The van der Waals surface area contributed by atoms with E-state index >= 15 is 0 Å². The zero-order chi connectivity index (χ0) is 12.6. The standard InChI is InChI=1S/C14H29NO/c1-13(2,3)8-11-7-12(16)10-15(9-11)14(4,5)6/h11-12,16H,7-10H2,1-6H3/t11-,12-/m0/s1. The first-order valence-corrected chi connectivity index (χ1v) is 6.51. The van der Waals surface area contributed by atoms with Crippen molar-refractivity contribution in [2.45, 2.75) is 66.0 Å². The molecule has 1 heterocycles. The molecule has 1 saturated heterocycles. The highest BCUT2D eigenvalue weighted by Crippen LogP contribution is 2.32. The molecule has 16 heavy (non-hydrogen) atoms. The van der Waals surface area contributed by atoms with Crippen molar-refractivity contribution in [2.24, 2.45) is 11.3 Å². The lowest BCUT2D eigenvalue weighted by Gasteiger charge is -2.44. The Labute approximate surface area is 101 Å². The van der Waals surface area contributed by atoms with Gasteiger partial charge in [0.05, 0.1) is 6.10 Å². The van der Waals surface area contributed by atoms with Crippen LogP contribution < -0.4 is 0 Å². The molecule has 1 aliphatic heterocycles. The topological polar surface area (TPSA) is 23.5 Å². The number of β-amino-alcohol motifs (C(OH)–C–C–N with tert-alkyl or cyclic N) is 1. The zero-order valence-electron chi connectivity index (χ0n) is 11.9. The number of likely N-dealkylation sites (tertiary alicyclic amines) is 1. The number of aliphatic hydroxyl groups excluding tert-OH is 1. The molecule has 0 spiro atoms. The third-order valence-corrected chi connectivity index (χ3v) is 3.36.